The molecule has 0 N–H and O–H groups in total. The Bertz CT molecular complexity index is 767. The van der Waals surface area contributed by atoms with E-state index in [1.165, 1.54) is 5.57 Å². The van der Waals surface area contributed by atoms with E-state index in [0.29, 0.717) is 0 Å². The molecule has 22 heavy (non-hydrogen) atoms. The van der Waals surface area contributed by atoms with Crippen LogP contribution in [-0.4, -0.2) is 14.8 Å². The Kier molecular flexibility index (Phi) is 4.15. The van der Waals surface area contributed by atoms with Crippen LogP contribution in [0.5, 0.6) is 0 Å². The van der Waals surface area contributed by atoms with Gasteiger partial charge in [-0.3, -0.25) is 0 Å². The summed E-state index contributed by atoms with van der Waals surface area (Å²) in [4.78, 5) is 4.75. The molecule has 0 saturated heterocycles. The molecule has 0 fully saturated rings. The fraction of sp³-hybridized carbons (Fsp3) is 0.158. The summed E-state index contributed by atoms with van der Waals surface area (Å²) in [6, 6.07) is 20.3. The SMILES string of the molecule is CC(C)=CCn1nc(-c2ccccc2)nc1-c1ccccc1. The Balaban J connectivity index is 2.07. The highest BCUT2D eigenvalue weighted by atomic mass is 15.3. The van der Waals surface area contributed by atoms with Crippen molar-refractivity contribution >= 4 is 0 Å². The van der Waals surface area contributed by atoms with Crippen molar-refractivity contribution in [1.82, 2.24) is 14.8 Å². The molecule has 3 rings (SSSR count). The minimum atomic E-state index is 0.729. The molecule has 3 heteroatoms. The second kappa shape index (κ2) is 6.39. The average molecular weight is 289 g/mol. The Morgan fingerprint density at radius 3 is 2.09 bits per heavy atom. The predicted molar refractivity (Wildman–Crippen MR) is 90.3 cm³/mol. The minimum Gasteiger partial charge on any atom is -0.241 e. The zero-order valence-electron chi connectivity index (χ0n) is 12.9. The summed E-state index contributed by atoms with van der Waals surface area (Å²) >= 11 is 0. The molecule has 1 aromatic heterocycles. The fourth-order valence-electron chi connectivity index (χ4n) is 2.25. The van der Waals surface area contributed by atoms with Gasteiger partial charge in [-0.25, -0.2) is 9.67 Å². The molecule has 2 aromatic carbocycles. The van der Waals surface area contributed by atoms with E-state index in [-0.39, 0.29) is 0 Å². The van der Waals surface area contributed by atoms with Crippen LogP contribution in [0, 0.1) is 0 Å². The van der Waals surface area contributed by atoms with Crippen LogP contribution in [0.15, 0.2) is 72.3 Å². The highest BCUT2D eigenvalue weighted by Crippen LogP contribution is 2.22. The van der Waals surface area contributed by atoms with Crippen LogP contribution in [0.1, 0.15) is 13.8 Å². The van der Waals surface area contributed by atoms with Gasteiger partial charge in [0.15, 0.2) is 11.6 Å². The van der Waals surface area contributed by atoms with Crippen molar-refractivity contribution in [2.45, 2.75) is 20.4 Å². The molecule has 0 spiro atoms. The van der Waals surface area contributed by atoms with Gasteiger partial charge < -0.3 is 0 Å². The van der Waals surface area contributed by atoms with Gasteiger partial charge in [-0.05, 0) is 13.8 Å². The molecule has 0 aliphatic heterocycles. The van der Waals surface area contributed by atoms with Gasteiger partial charge in [-0.1, -0.05) is 72.3 Å². The van der Waals surface area contributed by atoms with Gasteiger partial charge in [-0.15, -0.1) is 0 Å². The van der Waals surface area contributed by atoms with E-state index in [1.54, 1.807) is 0 Å². The summed E-state index contributed by atoms with van der Waals surface area (Å²) in [5.41, 5.74) is 3.39. The van der Waals surface area contributed by atoms with E-state index in [9.17, 15) is 0 Å². The van der Waals surface area contributed by atoms with Crippen LogP contribution in [0.4, 0.5) is 0 Å². The van der Waals surface area contributed by atoms with E-state index in [2.05, 4.69) is 37.2 Å². The van der Waals surface area contributed by atoms with E-state index in [1.807, 2.05) is 53.2 Å². The van der Waals surface area contributed by atoms with Gasteiger partial charge in [0.2, 0.25) is 0 Å². The van der Waals surface area contributed by atoms with Crippen molar-refractivity contribution in [3.05, 3.63) is 72.3 Å². The summed E-state index contributed by atoms with van der Waals surface area (Å²) in [5, 5.41) is 4.69. The monoisotopic (exact) mass is 289 g/mol. The summed E-state index contributed by atoms with van der Waals surface area (Å²) in [6.45, 7) is 4.92. The minimum absolute atomic E-state index is 0.729. The van der Waals surface area contributed by atoms with Gasteiger partial charge in [0.1, 0.15) is 0 Å². The third-order valence-corrected chi connectivity index (χ3v) is 3.41. The zero-order valence-corrected chi connectivity index (χ0v) is 12.9. The maximum atomic E-state index is 4.75. The first-order valence-corrected chi connectivity index (χ1v) is 7.43. The number of rotatable bonds is 4. The van der Waals surface area contributed by atoms with Crippen LogP contribution in [0.25, 0.3) is 22.8 Å². The Labute approximate surface area is 131 Å². The highest BCUT2D eigenvalue weighted by Gasteiger charge is 2.12. The zero-order chi connectivity index (χ0) is 15.4. The molecule has 0 atom stereocenters. The van der Waals surface area contributed by atoms with Crippen molar-refractivity contribution < 1.29 is 0 Å². The van der Waals surface area contributed by atoms with Gasteiger partial charge in [-0.2, -0.15) is 5.10 Å². The molecule has 0 unspecified atom stereocenters. The Morgan fingerprint density at radius 2 is 1.50 bits per heavy atom. The number of hydrogen-bond donors (Lipinski definition) is 0. The molecule has 0 amide bonds. The van der Waals surface area contributed by atoms with Crippen molar-refractivity contribution in [2.75, 3.05) is 0 Å². The number of allylic oxidation sites excluding steroid dienone is 2. The van der Waals surface area contributed by atoms with Crippen LogP contribution in [-0.2, 0) is 6.54 Å². The van der Waals surface area contributed by atoms with E-state index < -0.39 is 0 Å². The first-order valence-electron chi connectivity index (χ1n) is 7.43. The lowest BCUT2D eigenvalue weighted by molar-refractivity contribution is 0.707. The van der Waals surface area contributed by atoms with Gasteiger partial charge in [0.05, 0.1) is 6.54 Å². The van der Waals surface area contributed by atoms with Gasteiger partial charge in [0, 0.05) is 11.1 Å². The van der Waals surface area contributed by atoms with Gasteiger partial charge >= 0.3 is 0 Å². The molecular formula is C19H19N3. The molecule has 110 valence electrons. The first-order chi connectivity index (χ1) is 10.7. The second-order valence-electron chi connectivity index (χ2n) is 5.45. The van der Waals surface area contributed by atoms with Crippen molar-refractivity contribution in [3.63, 3.8) is 0 Å². The lowest BCUT2D eigenvalue weighted by atomic mass is 10.2. The Morgan fingerprint density at radius 1 is 0.909 bits per heavy atom. The summed E-state index contributed by atoms with van der Waals surface area (Å²) in [7, 11) is 0. The van der Waals surface area contributed by atoms with Crippen LogP contribution < -0.4 is 0 Å². The maximum absolute atomic E-state index is 4.75. The molecule has 0 aliphatic carbocycles. The van der Waals surface area contributed by atoms with E-state index >= 15 is 0 Å². The summed E-state index contributed by atoms with van der Waals surface area (Å²) in [5.74, 6) is 1.67. The lowest BCUT2D eigenvalue weighted by Gasteiger charge is -2.03. The Hall–Kier alpha value is -2.68. The molecule has 3 aromatic rings. The lowest BCUT2D eigenvalue weighted by Crippen LogP contribution is -2.01. The third kappa shape index (κ3) is 3.14. The molecule has 0 bridgehead atoms. The molecular weight excluding hydrogens is 270 g/mol. The standard InChI is InChI=1S/C19H19N3/c1-15(2)13-14-22-19(17-11-7-4-8-12-17)20-18(21-22)16-9-5-3-6-10-16/h3-13H,14H2,1-2H3. The number of hydrogen-bond acceptors (Lipinski definition) is 2. The molecule has 0 saturated carbocycles. The highest BCUT2D eigenvalue weighted by molar-refractivity contribution is 5.61. The fourth-order valence-corrected chi connectivity index (χ4v) is 2.25. The molecule has 1 heterocycles. The first kappa shape index (κ1) is 14.3. The molecule has 0 aliphatic rings. The van der Waals surface area contributed by atoms with Crippen LogP contribution >= 0.6 is 0 Å². The number of nitrogens with zero attached hydrogens (tertiary/aromatic N) is 3. The topological polar surface area (TPSA) is 30.7 Å². The van der Waals surface area contributed by atoms with E-state index in [4.69, 9.17) is 4.98 Å². The average Bonchev–Trinajstić information content (AvgIpc) is 2.99. The molecule has 3 nitrogen and oxygen atoms in total. The second-order valence-corrected chi connectivity index (χ2v) is 5.45. The van der Waals surface area contributed by atoms with Crippen molar-refractivity contribution in [1.29, 1.82) is 0 Å². The molecule has 0 radical (unpaired) electrons. The van der Waals surface area contributed by atoms with Gasteiger partial charge in [0.25, 0.3) is 0 Å². The smallest absolute Gasteiger partial charge is 0.181 e. The van der Waals surface area contributed by atoms with Crippen LogP contribution in [0.3, 0.4) is 0 Å². The van der Waals surface area contributed by atoms with Crippen LogP contribution in [0.2, 0.25) is 0 Å². The quantitative estimate of drug-likeness (QED) is 0.658. The third-order valence-electron chi connectivity index (χ3n) is 3.41. The predicted octanol–water partition coefficient (Wildman–Crippen LogP) is 4.58. The van der Waals surface area contributed by atoms with Crippen molar-refractivity contribution in [3.8, 4) is 22.8 Å². The number of aromatic nitrogens is 3. The number of benzene rings is 2. The largest absolute Gasteiger partial charge is 0.241 e. The van der Waals surface area contributed by atoms with E-state index in [0.717, 1.165) is 29.3 Å². The normalized spacial score (nSPS) is 10.5. The summed E-state index contributed by atoms with van der Waals surface area (Å²) in [6.07, 6.45) is 2.16. The summed E-state index contributed by atoms with van der Waals surface area (Å²) < 4.78 is 1.96. The van der Waals surface area contributed by atoms with Crippen molar-refractivity contribution in [2.24, 2.45) is 0 Å². The maximum Gasteiger partial charge on any atom is 0.181 e.